The lowest BCUT2D eigenvalue weighted by Crippen LogP contribution is -2.49. The second kappa shape index (κ2) is 5.88. The van der Waals surface area contributed by atoms with Crippen molar-refractivity contribution in [3.8, 4) is 0 Å². The number of ether oxygens (including phenoxy) is 1. The minimum absolute atomic E-state index is 0.357. The van der Waals surface area contributed by atoms with Crippen molar-refractivity contribution >= 4 is 21.4 Å². The van der Waals surface area contributed by atoms with Gasteiger partial charge in [0.2, 0.25) is 10.0 Å². The Morgan fingerprint density at radius 1 is 1.42 bits per heavy atom. The van der Waals surface area contributed by atoms with Gasteiger partial charge in [0.05, 0.1) is 4.90 Å². The second-order valence-corrected chi connectivity index (χ2v) is 7.74. The van der Waals surface area contributed by atoms with Crippen LogP contribution in [0.3, 0.4) is 0 Å². The molecule has 108 valence electrons. The van der Waals surface area contributed by atoms with Crippen molar-refractivity contribution in [1.29, 1.82) is 0 Å². The molecular weight excluding hydrogens is 284 g/mol. The van der Waals surface area contributed by atoms with E-state index >= 15 is 0 Å². The molecule has 19 heavy (non-hydrogen) atoms. The zero-order valence-corrected chi connectivity index (χ0v) is 12.9. The lowest BCUT2D eigenvalue weighted by atomic mass is 9.94. The van der Waals surface area contributed by atoms with E-state index in [9.17, 15) is 8.42 Å². The van der Waals surface area contributed by atoms with Gasteiger partial charge in [0.25, 0.3) is 0 Å². The molecule has 1 aliphatic heterocycles. The van der Waals surface area contributed by atoms with Gasteiger partial charge >= 0.3 is 0 Å². The molecule has 7 heteroatoms. The van der Waals surface area contributed by atoms with E-state index in [0.29, 0.717) is 37.5 Å². The standard InChI is InChI=1S/C12H20N2O3S2/c1-12(3-5-17-6-4-12)14-19(15,16)11-7-10(8-13-2)18-9-11/h7,9,13-14H,3-6,8H2,1-2H3. The lowest BCUT2D eigenvalue weighted by molar-refractivity contribution is 0.0537. The van der Waals surface area contributed by atoms with E-state index in [4.69, 9.17) is 4.74 Å². The van der Waals surface area contributed by atoms with E-state index in [2.05, 4.69) is 10.0 Å². The molecule has 1 saturated heterocycles. The van der Waals surface area contributed by atoms with E-state index < -0.39 is 15.6 Å². The monoisotopic (exact) mass is 304 g/mol. The Bertz CT molecular complexity index is 519. The highest BCUT2D eigenvalue weighted by atomic mass is 32.2. The van der Waals surface area contributed by atoms with Gasteiger partial charge < -0.3 is 10.1 Å². The molecule has 5 nitrogen and oxygen atoms in total. The third-order valence-corrected chi connectivity index (χ3v) is 5.97. The zero-order valence-electron chi connectivity index (χ0n) is 11.2. The predicted molar refractivity (Wildman–Crippen MR) is 75.9 cm³/mol. The van der Waals surface area contributed by atoms with Crippen molar-refractivity contribution in [3.05, 3.63) is 16.3 Å². The Hall–Kier alpha value is -0.470. The van der Waals surface area contributed by atoms with E-state index in [1.54, 1.807) is 11.4 Å². The first-order chi connectivity index (χ1) is 8.95. The highest BCUT2D eigenvalue weighted by molar-refractivity contribution is 7.89. The quantitative estimate of drug-likeness (QED) is 0.861. The molecule has 0 aromatic carbocycles. The Balaban J connectivity index is 2.12. The summed E-state index contributed by atoms with van der Waals surface area (Å²) in [5.74, 6) is 0. The molecule has 0 radical (unpaired) electrons. The molecule has 1 fully saturated rings. The van der Waals surface area contributed by atoms with Gasteiger partial charge in [-0.25, -0.2) is 13.1 Å². The fraction of sp³-hybridized carbons (Fsp3) is 0.667. The molecule has 2 rings (SSSR count). The largest absolute Gasteiger partial charge is 0.381 e. The maximum atomic E-state index is 12.4. The number of sulfonamides is 1. The van der Waals surface area contributed by atoms with Crippen molar-refractivity contribution in [1.82, 2.24) is 10.0 Å². The fourth-order valence-corrected chi connectivity index (χ4v) is 4.83. The Morgan fingerprint density at radius 2 is 2.11 bits per heavy atom. The molecule has 0 atom stereocenters. The molecule has 0 saturated carbocycles. The van der Waals surface area contributed by atoms with Crippen LogP contribution in [-0.2, 0) is 21.3 Å². The molecule has 1 aliphatic rings. The van der Waals surface area contributed by atoms with Crippen LogP contribution < -0.4 is 10.0 Å². The van der Waals surface area contributed by atoms with Crippen LogP contribution in [0.15, 0.2) is 16.3 Å². The Kier molecular flexibility index (Phi) is 4.62. The van der Waals surface area contributed by atoms with Crippen molar-refractivity contribution < 1.29 is 13.2 Å². The number of hydrogen-bond acceptors (Lipinski definition) is 5. The second-order valence-electron chi connectivity index (χ2n) is 5.06. The first-order valence-corrected chi connectivity index (χ1v) is 8.65. The van der Waals surface area contributed by atoms with Gasteiger partial charge in [-0.05, 0) is 32.9 Å². The lowest BCUT2D eigenvalue weighted by Gasteiger charge is -2.33. The summed E-state index contributed by atoms with van der Waals surface area (Å²) in [5, 5.41) is 4.71. The highest BCUT2D eigenvalue weighted by Crippen LogP contribution is 2.25. The molecule has 0 bridgehead atoms. The zero-order chi connectivity index (χ0) is 13.9. The third kappa shape index (κ3) is 3.76. The van der Waals surface area contributed by atoms with Gasteiger partial charge in [-0.3, -0.25) is 0 Å². The number of hydrogen-bond donors (Lipinski definition) is 2. The molecule has 2 N–H and O–H groups in total. The van der Waals surface area contributed by atoms with Crippen LogP contribution in [0.2, 0.25) is 0 Å². The predicted octanol–water partition coefficient (Wildman–Crippen LogP) is 1.31. The van der Waals surface area contributed by atoms with Crippen molar-refractivity contribution in [3.63, 3.8) is 0 Å². The first kappa shape index (κ1) is 14.9. The van der Waals surface area contributed by atoms with Gasteiger partial charge in [0.15, 0.2) is 0 Å². The summed E-state index contributed by atoms with van der Waals surface area (Å²) in [4.78, 5) is 1.37. The van der Waals surface area contributed by atoms with Gasteiger partial charge in [0.1, 0.15) is 0 Å². The Morgan fingerprint density at radius 3 is 2.74 bits per heavy atom. The van der Waals surface area contributed by atoms with Crippen LogP contribution in [0.4, 0.5) is 0 Å². The van der Waals surface area contributed by atoms with Crippen molar-refractivity contribution in [2.45, 2.75) is 36.7 Å². The van der Waals surface area contributed by atoms with E-state index in [1.165, 1.54) is 11.3 Å². The Labute approximate surface area is 118 Å². The molecule has 0 aliphatic carbocycles. The molecule has 0 amide bonds. The first-order valence-electron chi connectivity index (χ1n) is 6.29. The number of thiophene rings is 1. The maximum Gasteiger partial charge on any atom is 0.241 e. The highest BCUT2D eigenvalue weighted by Gasteiger charge is 2.32. The SMILES string of the molecule is CNCc1cc(S(=O)(=O)NC2(C)CCOCC2)cs1. The third-order valence-electron chi connectivity index (χ3n) is 3.27. The average molecular weight is 304 g/mol. The van der Waals surface area contributed by atoms with E-state index in [1.807, 2.05) is 14.0 Å². The summed E-state index contributed by atoms with van der Waals surface area (Å²) >= 11 is 1.46. The van der Waals surface area contributed by atoms with Crippen molar-refractivity contribution in [2.24, 2.45) is 0 Å². The van der Waals surface area contributed by atoms with Gasteiger partial charge in [-0.15, -0.1) is 11.3 Å². The smallest absolute Gasteiger partial charge is 0.241 e. The van der Waals surface area contributed by atoms with E-state index in [-0.39, 0.29) is 0 Å². The van der Waals surface area contributed by atoms with Crippen LogP contribution in [-0.4, -0.2) is 34.2 Å². The fourth-order valence-electron chi connectivity index (χ4n) is 2.08. The summed E-state index contributed by atoms with van der Waals surface area (Å²) in [6.07, 6.45) is 1.42. The summed E-state index contributed by atoms with van der Waals surface area (Å²) < 4.78 is 32.8. The summed E-state index contributed by atoms with van der Waals surface area (Å²) in [6, 6.07) is 1.73. The van der Waals surface area contributed by atoms with Crippen LogP contribution in [0.5, 0.6) is 0 Å². The minimum Gasteiger partial charge on any atom is -0.381 e. The number of rotatable bonds is 5. The van der Waals surface area contributed by atoms with Gasteiger partial charge in [-0.1, -0.05) is 0 Å². The summed E-state index contributed by atoms with van der Waals surface area (Å²) in [6.45, 7) is 3.83. The number of nitrogens with one attached hydrogen (secondary N) is 2. The molecular formula is C12H20N2O3S2. The normalized spacial score (nSPS) is 19.5. The molecule has 1 aromatic heterocycles. The molecule has 0 spiro atoms. The average Bonchev–Trinajstić information content (AvgIpc) is 2.78. The van der Waals surface area contributed by atoms with Crippen LogP contribution in [0.25, 0.3) is 0 Å². The maximum absolute atomic E-state index is 12.4. The summed E-state index contributed by atoms with van der Waals surface area (Å²) in [7, 11) is -1.60. The van der Waals surface area contributed by atoms with Crippen molar-refractivity contribution in [2.75, 3.05) is 20.3 Å². The van der Waals surface area contributed by atoms with Gasteiger partial charge in [-0.2, -0.15) is 0 Å². The molecule has 2 heterocycles. The van der Waals surface area contributed by atoms with Gasteiger partial charge in [0, 0.05) is 35.6 Å². The van der Waals surface area contributed by atoms with E-state index in [0.717, 1.165) is 4.88 Å². The molecule has 1 aromatic rings. The minimum atomic E-state index is -3.44. The van der Waals surface area contributed by atoms with Crippen LogP contribution >= 0.6 is 11.3 Å². The van der Waals surface area contributed by atoms with Crippen LogP contribution in [0.1, 0.15) is 24.6 Å². The van der Waals surface area contributed by atoms with Crippen LogP contribution in [0, 0.1) is 0 Å². The molecule has 0 unspecified atom stereocenters. The topological polar surface area (TPSA) is 67.4 Å². The summed E-state index contributed by atoms with van der Waals surface area (Å²) in [5.41, 5.74) is -0.401.